The second-order valence-corrected chi connectivity index (χ2v) is 4.14. The number of carbonyl (C=O) groups excluding carboxylic acids is 2. The van der Waals surface area contributed by atoms with Gasteiger partial charge in [0.1, 0.15) is 0 Å². The van der Waals surface area contributed by atoms with E-state index in [9.17, 15) is 9.59 Å². The maximum atomic E-state index is 11.6. The number of hydrogen-bond acceptors (Lipinski definition) is 6. The van der Waals surface area contributed by atoms with E-state index in [2.05, 4.69) is 19.6 Å². The van der Waals surface area contributed by atoms with E-state index in [0.29, 0.717) is 5.56 Å². The Morgan fingerprint density at radius 1 is 1.10 bits per heavy atom. The summed E-state index contributed by atoms with van der Waals surface area (Å²) in [4.78, 5) is 31.1. The molecule has 0 aliphatic rings. The fourth-order valence-electron chi connectivity index (χ4n) is 1.45. The highest BCUT2D eigenvalue weighted by Crippen LogP contribution is 2.08. The van der Waals surface area contributed by atoms with Crippen LogP contribution in [0.2, 0.25) is 0 Å². The highest BCUT2D eigenvalue weighted by molar-refractivity contribution is 5.90. The molecule has 0 amide bonds. The summed E-state index contributed by atoms with van der Waals surface area (Å²) in [5.41, 5.74) is 1.05. The smallest absolute Gasteiger partial charge is 0.432 e. The number of hydrogen-bond donors (Lipinski definition) is 0. The Morgan fingerprint density at radius 2 is 1.85 bits per heavy atom. The van der Waals surface area contributed by atoms with Gasteiger partial charge in [0.15, 0.2) is 0 Å². The summed E-state index contributed by atoms with van der Waals surface area (Å²) in [6.07, 6.45) is 1.67. The molecule has 0 bridgehead atoms. The van der Waals surface area contributed by atoms with Crippen LogP contribution >= 0.6 is 0 Å². The van der Waals surface area contributed by atoms with Crippen molar-refractivity contribution in [1.82, 2.24) is 0 Å². The van der Waals surface area contributed by atoms with Crippen LogP contribution in [0.25, 0.3) is 0 Å². The lowest BCUT2D eigenvalue weighted by atomic mass is 10.1. The first-order valence-corrected chi connectivity index (χ1v) is 6.43. The summed E-state index contributed by atoms with van der Waals surface area (Å²) in [6.45, 7) is 4.02. The van der Waals surface area contributed by atoms with E-state index >= 15 is 0 Å². The average Bonchev–Trinajstić information content (AvgIpc) is 2.44. The zero-order valence-corrected chi connectivity index (χ0v) is 11.6. The van der Waals surface area contributed by atoms with Gasteiger partial charge in [-0.25, -0.2) is 14.5 Å². The highest BCUT2D eigenvalue weighted by Gasteiger charge is 2.13. The van der Waals surface area contributed by atoms with Gasteiger partial charge < -0.3 is 4.74 Å². The van der Waals surface area contributed by atoms with Crippen LogP contribution in [-0.4, -0.2) is 18.7 Å². The first-order chi connectivity index (χ1) is 9.65. The quantitative estimate of drug-likeness (QED) is 0.330. The summed E-state index contributed by atoms with van der Waals surface area (Å²) in [6, 6.07) is 6.80. The van der Waals surface area contributed by atoms with Crippen molar-refractivity contribution in [2.75, 3.05) is 6.61 Å². The zero-order chi connectivity index (χ0) is 14.8. The van der Waals surface area contributed by atoms with Crippen molar-refractivity contribution in [3.63, 3.8) is 0 Å². The Morgan fingerprint density at radius 3 is 2.55 bits per heavy atom. The maximum Gasteiger partial charge on any atom is 0.543 e. The monoisotopic (exact) mass is 282 g/mol. The fourth-order valence-corrected chi connectivity index (χ4v) is 1.45. The topological polar surface area (TPSA) is 71.1 Å². The fraction of sp³-hybridized carbons (Fsp3) is 0.429. The summed E-state index contributed by atoms with van der Waals surface area (Å²) >= 11 is 0. The lowest BCUT2D eigenvalue weighted by Crippen LogP contribution is -2.13. The lowest BCUT2D eigenvalue weighted by Gasteiger charge is -2.05. The summed E-state index contributed by atoms with van der Waals surface area (Å²) in [5.74, 6) is -0.748. The van der Waals surface area contributed by atoms with Crippen molar-refractivity contribution in [2.45, 2.75) is 33.1 Å². The summed E-state index contributed by atoms with van der Waals surface area (Å²) < 4.78 is 4.68. The summed E-state index contributed by atoms with van der Waals surface area (Å²) in [7, 11) is 0. The van der Waals surface area contributed by atoms with E-state index in [-0.39, 0.29) is 6.61 Å². The Labute approximate surface area is 117 Å². The molecule has 0 aromatic heterocycles. The predicted octanol–water partition coefficient (Wildman–Crippen LogP) is 3.34. The molecule has 0 atom stereocenters. The second-order valence-electron chi connectivity index (χ2n) is 4.14. The predicted molar refractivity (Wildman–Crippen MR) is 69.6 cm³/mol. The minimum Gasteiger partial charge on any atom is -0.432 e. The average molecular weight is 282 g/mol. The third-order valence-electron chi connectivity index (χ3n) is 2.54. The molecule has 0 unspecified atom stereocenters. The highest BCUT2D eigenvalue weighted by atomic mass is 17.5. The first kappa shape index (κ1) is 16.0. The molecule has 0 spiro atoms. The van der Waals surface area contributed by atoms with Crippen LogP contribution in [0.5, 0.6) is 0 Å². The van der Waals surface area contributed by atoms with Gasteiger partial charge >= 0.3 is 12.1 Å². The SMILES string of the molecule is CCCCCOC(=O)OOOC(=O)c1ccccc1C. The van der Waals surface area contributed by atoms with Gasteiger partial charge in [0.2, 0.25) is 0 Å². The molecule has 0 saturated carbocycles. The standard InChI is InChI=1S/C14H18O6/c1-3-4-7-10-17-14(16)19-20-18-13(15)12-9-6-5-8-11(12)2/h5-6,8-9H,3-4,7,10H2,1-2H3. The number of rotatable bonds is 7. The molecule has 1 aromatic carbocycles. The van der Waals surface area contributed by atoms with Crippen molar-refractivity contribution < 1.29 is 29.1 Å². The van der Waals surface area contributed by atoms with E-state index in [1.807, 2.05) is 6.92 Å². The van der Waals surface area contributed by atoms with E-state index in [0.717, 1.165) is 24.8 Å². The van der Waals surface area contributed by atoms with Gasteiger partial charge in [0.05, 0.1) is 17.2 Å². The van der Waals surface area contributed by atoms with Crippen LogP contribution in [0, 0.1) is 6.92 Å². The molecule has 110 valence electrons. The molecule has 0 saturated heterocycles. The summed E-state index contributed by atoms with van der Waals surface area (Å²) in [5, 5.41) is 4.10. The van der Waals surface area contributed by atoms with Crippen molar-refractivity contribution >= 4 is 12.1 Å². The molecule has 20 heavy (non-hydrogen) atoms. The van der Waals surface area contributed by atoms with Gasteiger partial charge in [-0.15, -0.1) is 0 Å². The molecule has 0 aliphatic heterocycles. The molecular weight excluding hydrogens is 264 g/mol. The lowest BCUT2D eigenvalue weighted by molar-refractivity contribution is -0.452. The molecule has 0 radical (unpaired) electrons. The molecule has 6 heteroatoms. The van der Waals surface area contributed by atoms with Gasteiger partial charge in [-0.1, -0.05) is 38.0 Å². The number of carbonyl (C=O) groups is 2. The molecule has 1 aromatic rings. The van der Waals surface area contributed by atoms with E-state index in [4.69, 9.17) is 0 Å². The van der Waals surface area contributed by atoms with E-state index in [1.54, 1.807) is 31.2 Å². The molecule has 6 nitrogen and oxygen atoms in total. The third-order valence-corrected chi connectivity index (χ3v) is 2.54. The van der Waals surface area contributed by atoms with Gasteiger partial charge in [0.25, 0.3) is 0 Å². The van der Waals surface area contributed by atoms with Crippen LogP contribution in [0.1, 0.15) is 42.1 Å². The van der Waals surface area contributed by atoms with Gasteiger partial charge in [-0.3, -0.25) is 4.89 Å². The normalized spacial score (nSPS) is 9.90. The number of benzene rings is 1. The molecule has 0 heterocycles. The Bertz CT molecular complexity index is 443. The number of ether oxygens (including phenoxy) is 1. The molecule has 0 N–H and O–H groups in total. The Hall–Kier alpha value is -2.08. The maximum absolute atomic E-state index is 11.6. The van der Waals surface area contributed by atoms with Crippen molar-refractivity contribution in [3.8, 4) is 0 Å². The van der Waals surface area contributed by atoms with Gasteiger partial charge in [-0.05, 0) is 25.0 Å². The van der Waals surface area contributed by atoms with Crippen LogP contribution in [0.4, 0.5) is 4.79 Å². The minimum atomic E-state index is -1.04. The Balaban J connectivity index is 2.22. The largest absolute Gasteiger partial charge is 0.543 e. The second kappa shape index (κ2) is 8.92. The van der Waals surface area contributed by atoms with Crippen LogP contribution < -0.4 is 0 Å². The van der Waals surface area contributed by atoms with Crippen LogP contribution in [0.3, 0.4) is 0 Å². The van der Waals surface area contributed by atoms with Crippen molar-refractivity contribution in [1.29, 1.82) is 0 Å². The zero-order valence-electron chi connectivity index (χ0n) is 11.6. The van der Waals surface area contributed by atoms with Crippen molar-refractivity contribution in [2.24, 2.45) is 0 Å². The van der Waals surface area contributed by atoms with Crippen LogP contribution in [-0.2, 0) is 19.6 Å². The van der Waals surface area contributed by atoms with Gasteiger partial charge in [-0.2, -0.15) is 0 Å². The molecule has 0 fully saturated rings. The number of unbranched alkanes of at least 4 members (excludes halogenated alkanes) is 2. The Kier molecular flexibility index (Phi) is 7.13. The van der Waals surface area contributed by atoms with Crippen LogP contribution in [0.15, 0.2) is 24.3 Å². The number of aryl methyl sites for hydroxylation is 1. The van der Waals surface area contributed by atoms with E-state index < -0.39 is 12.1 Å². The molecular formula is C14H18O6. The minimum absolute atomic E-state index is 0.238. The van der Waals surface area contributed by atoms with E-state index in [1.165, 1.54) is 0 Å². The molecule has 0 aliphatic carbocycles. The van der Waals surface area contributed by atoms with Crippen molar-refractivity contribution in [3.05, 3.63) is 35.4 Å². The first-order valence-electron chi connectivity index (χ1n) is 6.43. The molecule has 1 rings (SSSR count). The van der Waals surface area contributed by atoms with Gasteiger partial charge in [0, 0.05) is 0 Å². The third kappa shape index (κ3) is 5.71.